The molecule has 0 atom stereocenters. The quantitative estimate of drug-likeness (QED) is 0.773. The topological polar surface area (TPSA) is 17.1 Å². The molecule has 0 aliphatic rings. The molecule has 2 aromatic carbocycles. The van der Waals surface area contributed by atoms with Crippen molar-refractivity contribution in [3.63, 3.8) is 0 Å². The second-order valence-corrected chi connectivity index (χ2v) is 7.33. The van der Waals surface area contributed by atoms with E-state index in [1.807, 2.05) is 36.4 Å². The van der Waals surface area contributed by atoms with Crippen LogP contribution in [0.15, 0.2) is 71.0 Å². The SMILES string of the molecule is O=P(C(Cl)=CCl)(c1ccccc1)c1ccccc1. The molecule has 2 aromatic rings. The maximum absolute atomic E-state index is 13.3. The van der Waals surface area contributed by atoms with Gasteiger partial charge in [0.15, 0.2) is 7.14 Å². The molecule has 0 radical (unpaired) electrons. The predicted octanol–water partition coefficient (Wildman–Crippen LogP) is 4.28. The minimum Gasteiger partial charge on any atom is -0.308 e. The molecule has 0 aliphatic heterocycles. The number of halogens is 2. The standard InChI is InChI=1S/C14H11Cl2OP/c15-11-14(16)18(17,12-7-3-1-4-8-12)13-9-5-2-6-10-13/h1-11H. The highest BCUT2D eigenvalue weighted by Gasteiger charge is 2.30. The van der Waals surface area contributed by atoms with Crippen LogP contribution in [0.4, 0.5) is 0 Å². The molecule has 4 heteroatoms. The lowest BCUT2D eigenvalue weighted by Gasteiger charge is -2.17. The van der Waals surface area contributed by atoms with E-state index in [4.69, 9.17) is 23.2 Å². The van der Waals surface area contributed by atoms with Crippen LogP contribution in [0.3, 0.4) is 0 Å². The molecule has 2 rings (SSSR count). The molecular formula is C14H11Cl2OP. The molecule has 0 saturated carbocycles. The van der Waals surface area contributed by atoms with Crippen molar-refractivity contribution in [2.24, 2.45) is 0 Å². The van der Waals surface area contributed by atoms with Crippen molar-refractivity contribution < 1.29 is 4.57 Å². The van der Waals surface area contributed by atoms with Gasteiger partial charge in [-0.2, -0.15) is 0 Å². The van der Waals surface area contributed by atoms with Crippen molar-refractivity contribution in [3.8, 4) is 0 Å². The molecule has 0 unspecified atom stereocenters. The van der Waals surface area contributed by atoms with Gasteiger partial charge in [-0.15, -0.1) is 0 Å². The van der Waals surface area contributed by atoms with Gasteiger partial charge >= 0.3 is 0 Å². The highest BCUT2D eigenvalue weighted by molar-refractivity contribution is 7.84. The summed E-state index contributed by atoms with van der Waals surface area (Å²) in [6, 6.07) is 18.3. The summed E-state index contributed by atoms with van der Waals surface area (Å²) in [6.45, 7) is 0. The Bertz CT molecular complexity index is 550. The Hall–Kier alpha value is -1.01. The van der Waals surface area contributed by atoms with Crippen molar-refractivity contribution in [1.29, 1.82) is 0 Å². The molecule has 1 nitrogen and oxygen atoms in total. The van der Waals surface area contributed by atoms with Crippen LogP contribution < -0.4 is 10.6 Å². The second kappa shape index (κ2) is 5.75. The third-order valence-corrected chi connectivity index (χ3v) is 6.72. The Morgan fingerprint density at radius 3 is 1.61 bits per heavy atom. The molecule has 0 spiro atoms. The zero-order valence-corrected chi connectivity index (χ0v) is 11.9. The van der Waals surface area contributed by atoms with Crippen molar-refractivity contribution in [2.45, 2.75) is 0 Å². The van der Waals surface area contributed by atoms with E-state index in [2.05, 4.69) is 0 Å². The summed E-state index contributed by atoms with van der Waals surface area (Å²) in [5.74, 6) is 0. The van der Waals surface area contributed by atoms with Crippen LogP contribution in [-0.4, -0.2) is 0 Å². The molecule has 0 bridgehead atoms. The smallest absolute Gasteiger partial charge is 0.182 e. The molecule has 18 heavy (non-hydrogen) atoms. The van der Waals surface area contributed by atoms with Crippen LogP contribution in [0.5, 0.6) is 0 Å². The summed E-state index contributed by atoms with van der Waals surface area (Å²) in [5, 5.41) is 1.36. The molecule has 0 fully saturated rings. The molecule has 0 amide bonds. The Balaban J connectivity index is 2.68. The summed E-state index contributed by atoms with van der Waals surface area (Å²) in [4.78, 5) is 0. The zero-order chi connectivity index (χ0) is 13.0. The first-order valence-corrected chi connectivity index (χ1v) is 7.89. The zero-order valence-electron chi connectivity index (χ0n) is 9.46. The number of benzene rings is 2. The molecule has 0 aromatic heterocycles. The van der Waals surface area contributed by atoms with Crippen LogP contribution in [0.2, 0.25) is 0 Å². The highest BCUT2D eigenvalue weighted by atomic mass is 35.5. The Morgan fingerprint density at radius 2 is 1.28 bits per heavy atom. The van der Waals surface area contributed by atoms with Crippen molar-refractivity contribution in [3.05, 3.63) is 71.0 Å². The van der Waals surface area contributed by atoms with Gasteiger partial charge in [0.2, 0.25) is 0 Å². The van der Waals surface area contributed by atoms with E-state index in [9.17, 15) is 4.57 Å². The first-order chi connectivity index (χ1) is 8.69. The van der Waals surface area contributed by atoms with Crippen LogP contribution >= 0.6 is 30.3 Å². The van der Waals surface area contributed by atoms with Gasteiger partial charge < -0.3 is 4.57 Å². The van der Waals surface area contributed by atoms with Gasteiger partial charge in [-0.05, 0) is 0 Å². The average Bonchev–Trinajstić information content (AvgIpc) is 2.47. The van der Waals surface area contributed by atoms with Gasteiger partial charge in [0.25, 0.3) is 0 Å². The summed E-state index contributed by atoms with van der Waals surface area (Å²) in [6.07, 6.45) is 0. The van der Waals surface area contributed by atoms with E-state index in [1.165, 1.54) is 5.54 Å². The number of rotatable bonds is 3. The summed E-state index contributed by atoms with van der Waals surface area (Å²) >= 11 is 11.8. The van der Waals surface area contributed by atoms with Gasteiger partial charge in [0.05, 0.1) is 4.77 Å². The predicted molar refractivity (Wildman–Crippen MR) is 79.5 cm³/mol. The van der Waals surface area contributed by atoms with Crippen LogP contribution in [0, 0.1) is 0 Å². The van der Waals surface area contributed by atoms with Crippen molar-refractivity contribution in [2.75, 3.05) is 0 Å². The maximum Gasteiger partial charge on any atom is 0.182 e. The summed E-state index contributed by atoms with van der Waals surface area (Å²) in [7, 11) is -3.02. The van der Waals surface area contributed by atoms with Crippen LogP contribution in [0.25, 0.3) is 0 Å². The average molecular weight is 297 g/mol. The fourth-order valence-electron chi connectivity index (χ4n) is 1.74. The monoisotopic (exact) mass is 296 g/mol. The number of hydrogen-bond acceptors (Lipinski definition) is 1. The van der Waals surface area contributed by atoms with Gasteiger partial charge in [-0.25, -0.2) is 0 Å². The van der Waals surface area contributed by atoms with Gasteiger partial charge in [0, 0.05) is 16.1 Å². The molecule has 0 aliphatic carbocycles. The maximum atomic E-state index is 13.3. The lowest BCUT2D eigenvalue weighted by Crippen LogP contribution is -2.15. The van der Waals surface area contributed by atoms with E-state index in [1.54, 1.807) is 24.3 Å². The Morgan fingerprint density at radius 1 is 0.889 bits per heavy atom. The Kier molecular flexibility index (Phi) is 4.29. The number of hydrogen-bond donors (Lipinski definition) is 0. The first kappa shape index (κ1) is 13.4. The fraction of sp³-hybridized carbons (Fsp3) is 0. The second-order valence-electron chi connectivity index (χ2n) is 3.71. The van der Waals surface area contributed by atoms with E-state index >= 15 is 0 Å². The lowest BCUT2D eigenvalue weighted by molar-refractivity contribution is 0.591. The van der Waals surface area contributed by atoms with Gasteiger partial charge in [-0.1, -0.05) is 83.9 Å². The highest BCUT2D eigenvalue weighted by Crippen LogP contribution is 2.53. The van der Waals surface area contributed by atoms with E-state index in [-0.39, 0.29) is 4.77 Å². The Labute approximate surface area is 116 Å². The van der Waals surface area contributed by atoms with E-state index in [0.717, 1.165) is 0 Å². The third-order valence-electron chi connectivity index (χ3n) is 2.63. The molecule has 0 N–H and O–H groups in total. The lowest BCUT2D eigenvalue weighted by atomic mass is 10.4. The van der Waals surface area contributed by atoms with Crippen LogP contribution in [-0.2, 0) is 4.57 Å². The van der Waals surface area contributed by atoms with Gasteiger partial charge in [-0.3, -0.25) is 0 Å². The third kappa shape index (κ3) is 2.40. The fourth-order valence-corrected chi connectivity index (χ4v) is 4.85. The minimum absolute atomic E-state index is 0.168. The van der Waals surface area contributed by atoms with Crippen LogP contribution in [0.1, 0.15) is 0 Å². The molecule has 0 heterocycles. The molecule has 92 valence electrons. The minimum atomic E-state index is -3.02. The van der Waals surface area contributed by atoms with E-state index in [0.29, 0.717) is 10.6 Å². The first-order valence-electron chi connectivity index (χ1n) is 5.37. The normalized spacial score (nSPS) is 12.4. The van der Waals surface area contributed by atoms with Gasteiger partial charge in [0.1, 0.15) is 0 Å². The summed E-state index contributed by atoms with van der Waals surface area (Å²) in [5.41, 5.74) is 1.18. The molecule has 0 saturated heterocycles. The van der Waals surface area contributed by atoms with E-state index < -0.39 is 7.14 Å². The van der Waals surface area contributed by atoms with Crippen molar-refractivity contribution >= 4 is 41.0 Å². The summed E-state index contributed by atoms with van der Waals surface area (Å²) < 4.78 is 13.4. The van der Waals surface area contributed by atoms with Crippen molar-refractivity contribution in [1.82, 2.24) is 0 Å². The molecular weight excluding hydrogens is 286 g/mol. The largest absolute Gasteiger partial charge is 0.308 e.